The third-order valence-electron chi connectivity index (χ3n) is 3.82. The molecule has 1 heterocycles. The first-order valence-corrected chi connectivity index (χ1v) is 8.23. The lowest BCUT2D eigenvalue weighted by Crippen LogP contribution is -2.48. The number of piperidine rings is 1. The Kier molecular flexibility index (Phi) is 4.62. The first-order chi connectivity index (χ1) is 9.46. The lowest BCUT2D eigenvalue weighted by molar-refractivity contribution is -0.142. The van der Waals surface area contributed by atoms with Crippen LogP contribution in [0.4, 0.5) is 0 Å². The van der Waals surface area contributed by atoms with E-state index in [0.29, 0.717) is 12.8 Å². The average Bonchev–Trinajstić information content (AvgIpc) is 3.23. The summed E-state index contributed by atoms with van der Waals surface area (Å²) in [5.74, 6) is -1.31. The minimum absolute atomic E-state index is 0.0190. The van der Waals surface area contributed by atoms with Crippen LogP contribution in [0.3, 0.4) is 0 Å². The van der Waals surface area contributed by atoms with Gasteiger partial charge in [0.15, 0.2) is 0 Å². The number of carboxylic acids is 1. The maximum atomic E-state index is 12.5. The Labute approximate surface area is 119 Å². The molecular weight excluding hydrogens is 282 g/mol. The van der Waals surface area contributed by atoms with Crippen molar-refractivity contribution in [3.05, 3.63) is 0 Å². The Hall–Kier alpha value is -1.17. The van der Waals surface area contributed by atoms with Crippen LogP contribution in [0.1, 0.15) is 32.1 Å². The van der Waals surface area contributed by atoms with E-state index in [4.69, 9.17) is 10.4 Å². The summed E-state index contributed by atoms with van der Waals surface area (Å²) in [4.78, 5) is 10.9. The summed E-state index contributed by atoms with van der Waals surface area (Å²) in [5.41, 5.74) is 0. The number of nitrogens with zero attached hydrogens (tertiary/aromatic N) is 3. The molecule has 2 rings (SSSR count). The Balaban J connectivity index is 2.02. The monoisotopic (exact) mass is 301 g/mol. The lowest BCUT2D eigenvalue weighted by atomic mass is 9.99. The molecule has 0 spiro atoms. The fourth-order valence-corrected chi connectivity index (χ4v) is 4.37. The van der Waals surface area contributed by atoms with Crippen LogP contribution >= 0.6 is 0 Å². The largest absolute Gasteiger partial charge is 0.481 e. The van der Waals surface area contributed by atoms with Crippen LogP contribution in [0, 0.1) is 17.2 Å². The molecule has 0 amide bonds. The summed E-state index contributed by atoms with van der Waals surface area (Å²) in [6, 6.07) is 1.99. The normalized spacial score (nSPS) is 21.8. The number of carboxylic acid groups (broad SMARTS) is 1. The van der Waals surface area contributed by atoms with Crippen molar-refractivity contribution in [1.29, 1.82) is 5.26 Å². The van der Waals surface area contributed by atoms with Crippen molar-refractivity contribution < 1.29 is 18.3 Å². The molecule has 0 radical (unpaired) electrons. The third kappa shape index (κ3) is 3.29. The fraction of sp³-hybridized carbons (Fsp3) is 0.833. The van der Waals surface area contributed by atoms with E-state index in [2.05, 4.69) is 0 Å². The highest BCUT2D eigenvalue weighted by atomic mass is 32.2. The second kappa shape index (κ2) is 6.08. The van der Waals surface area contributed by atoms with E-state index in [1.54, 1.807) is 0 Å². The molecule has 1 saturated carbocycles. The highest BCUT2D eigenvalue weighted by molar-refractivity contribution is 7.86. The zero-order chi connectivity index (χ0) is 14.8. The molecule has 2 fully saturated rings. The summed E-state index contributed by atoms with van der Waals surface area (Å²) < 4.78 is 27.9. The second-order valence-electron chi connectivity index (χ2n) is 5.27. The summed E-state index contributed by atoms with van der Waals surface area (Å²) in [5, 5.41) is 17.6. The van der Waals surface area contributed by atoms with Gasteiger partial charge in [-0.1, -0.05) is 0 Å². The van der Waals surface area contributed by atoms with E-state index < -0.39 is 22.1 Å². The SMILES string of the molecule is N#CCCN(C1CC1)S(=O)(=O)N1CCC(C(=O)O)CC1. The summed E-state index contributed by atoms with van der Waals surface area (Å²) in [6.07, 6.45) is 2.57. The number of aliphatic carboxylic acids is 1. The Morgan fingerprint density at radius 1 is 1.30 bits per heavy atom. The van der Waals surface area contributed by atoms with Gasteiger partial charge in [0.25, 0.3) is 10.2 Å². The maximum absolute atomic E-state index is 12.5. The van der Waals surface area contributed by atoms with E-state index in [0.717, 1.165) is 12.8 Å². The van der Waals surface area contributed by atoms with E-state index >= 15 is 0 Å². The van der Waals surface area contributed by atoms with Gasteiger partial charge in [0, 0.05) is 32.1 Å². The molecule has 20 heavy (non-hydrogen) atoms. The van der Waals surface area contributed by atoms with Gasteiger partial charge in [-0.25, -0.2) is 0 Å². The van der Waals surface area contributed by atoms with Gasteiger partial charge in [-0.3, -0.25) is 4.79 Å². The molecule has 1 saturated heterocycles. The van der Waals surface area contributed by atoms with Gasteiger partial charge in [0.1, 0.15) is 0 Å². The molecular formula is C12H19N3O4S. The molecule has 0 bridgehead atoms. The molecule has 0 unspecified atom stereocenters. The van der Waals surface area contributed by atoms with E-state index in [-0.39, 0.29) is 32.1 Å². The van der Waals surface area contributed by atoms with Crippen molar-refractivity contribution in [3.63, 3.8) is 0 Å². The van der Waals surface area contributed by atoms with Gasteiger partial charge in [-0.05, 0) is 25.7 Å². The van der Waals surface area contributed by atoms with Crippen molar-refractivity contribution in [1.82, 2.24) is 8.61 Å². The number of hydrogen-bond donors (Lipinski definition) is 1. The lowest BCUT2D eigenvalue weighted by Gasteiger charge is -2.33. The minimum atomic E-state index is -3.56. The average molecular weight is 301 g/mol. The zero-order valence-corrected chi connectivity index (χ0v) is 12.0. The quantitative estimate of drug-likeness (QED) is 0.765. The molecule has 1 aliphatic heterocycles. The Bertz CT molecular complexity index is 501. The number of hydrogen-bond acceptors (Lipinski definition) is 4. The van der Waals surface area contributed by atoms with E-state index in [1.807, 2.05) is 6.07 Å². The summed E-state index contributed by atoms with van der Waals surface area (Å²) >= 11 is 0. The van der Waals surface area contributed by atoms with Crippen molar-refractivity contribution >= 4 is 16.2 Å². The number of nitriles is 1. The van der Waals surface area contributed by atoms with Crippen molar-refractivity contribution in [2.45, 2.75) is 38.1 Å². The zero-order valence-electron chi connectivity index (χ0n) is 11.2. The Morgan fingerprint density at radius 2 is 1.90 bits per heavy atom. The topological polar surface area (TPSA) is 102 Å². The van der Waals surface area contributed by atoms with Gasteiger partial charge in [-0.15, -0.1) is 0 Å². The van der Waals surface area contributed by atoms with Gasteiger partial charge in [0.2, 0.25) is 0 Å². The molecule has 0 aromatic carbocycles. The summed E-state index contributed by atoms with van der Waals surface area (Å²) in [6.45, 7) is 0.715. The molecule has 1 N–H and O–H groups in total. The molecule has 0 aromatic rings. The predicted octanol–water partition coefficient (Wildman–Crippen LogP) is 0.406. The third-order valence-corrected chi connectivity index (χ3v) is 5.92. The van der Waals surface area contributed by atoms with Crippen molar-refractivity contribution in [3.8, 4) is 6.07 Å². The number of rotatable bonds is 6. The van der Waals surface area contributed by atoms with Crippen LogP contribution in [0.25, 0.3) is 0 Å². The summed E-state index contributed by atoms with van der Waals surface area (Å²) in [7, 11) is -3.56. The first kappa shape index (κ1) is 15.2. The molecule has 0 atom stereocenters. The standard InChI is InChI=1S/C12H19N3O4S/c13-6-1-7-15(11-2-3-11)20(18,19)14-8-4-10(5-9-14)12(16)17/h10-11H,1-5,7-9H2,(H,16,17). The van der Waals surface area contributed by atoms with Gasteiger partial charge in [-0.2, -0.15) is 22.3 Å². The highest BCUT2D eigenvalue weighted by Gasteiger charge is 2.41. The maximum Gasteiger partial charge on any atom is 0.306 e. The number of carbonyl (C=O) groups is 1. The van der Waals surface area contributed by atoms with E-state index in [1.165, 1.54) is 8.61 Å². The minimum Gasteiger partial charge on any atom is -0.481 e. The van der Waals surface area contributed by atoms with Crippen molar-refractivity contribution in [2.24, 2.45) is 5.92 Å². The molecule has 0 aromatic heterocycles. The van der Waals surface area contributed by atoms with E-state index in [9.17, 15) is 13.2 Å². The van der Waals surface area contributed by atoms with Crippen LogP contribution in [0.2, 0.25) is 0 Å². The van der Waals surface area contributed by atoms with Crippen molar-refractivity contribution in [2.75, 3.05) is 19.6 Å². The predicted molar refractivity (Wildman–Crippen MR) is 70.8 cm³/mol. The van der Waals surface area contributed by atoms with Crippen LogP contribution in [0.5, 0.6) is 0 Å². The smallest absolute Gasteiger partial charge is 0.306 e. The highest BCUT2D eigenvalue weighted by Crippen LogP contribution is 2.32. The molecule has 7 nitrogen and oxygen atoms in total. The van der Waals surface area contributed by atoms with Crippen LogP contribution < -0.4 is 0 Å². The first-order valence-electron chi connectivity index (χ1n) is 6.83. The molecule has 8 heteroatoms. The fourth-order valence-electron chi connectivity index (χ4n) is 2.49. The van der Waals surface area contributed by atoms with Gasteiger partial charge < -0.3 is 5.11 Å². The molecule has 2 aliphatic rings. The van der Waals surface area contributed by atoms with Gasteiger partial charge in [0.05, 0.1) is 12.0 Å². The van der Waals surface area contributed by atoms with Crippen LogP contribution in [0.15, 0.2) is 0 Å². The molecule has 1 aliphatic carbocycles. The molecule has 112 valence electrons. The van der Waals surface area contributed by atoms with Gasteiger partial charge >= 0.3 is 5.97 Å². The van der Waals surface area contributed by atoms with Crippen LogP contribution in [-0.4, -0.2) is 53.8 Å². The second-order valence-corrected chi connectivity index (χ2v) is 7.15. The van der Waals surface area contributed by atoms with Crippen LogP contribution in [-0.2, 0) is 15.0 Å². The Morgan fingerprint density at radius 3 is 2.35 bits per heavy atom.